The van der Waals surface area contributed by atoms with Gasteiger partial charge in [0.05, 0.1) is 0 Å². The molecule has 0 amide bonds. The first kappa shape index (κ1) is 43.2. The Morgan fingerprint density at radius 1 is 0.273 bits per heavy atom. The minimum absolute atomic E-state index is 1.12. The van der Waals surface area contributed by atoms with Crippen LogP contribution in [0.4, 0.5) is 0 Å². The number of rotatable bonds is 38. The zero-order chi connectivity index (χ0) is 31.7. The third kappa shape index (κ3) is 41.2. The third-order valence-corrected chi connectivity index (χ3v) is 9.17. The molecule has 0 radical (unpaired) electrons. The first-order valence-electron chi connectivity index (χ1n) is 20.6. The van der Waals surface area contributed by atoms with Gasteiger partial charge < -0.3 is 5.32 Å². The lowest BCUT2D eigenvalue weighted by molar-refractivity contribution is 0.525. The Labute approximate surface area is 280 Å². The molecule has 44 heavy (non-hydrogen) atoms. The number of nitrogens with one attached hydrogen (secondary N) is 1. The van der Waals surface area contributed by atoms with Gasteiger partial charge in [-0.1, -0.05) is 192 Å². The van der Waals surface area contributed by atoms with E-state index in [0.717, 1.165) is 6.42 Å². The minimum Gasteiger partial charge on any atom is -0.317 e. The largest absolute Gasteiger partial charge is 0.317 e. The molecule has 0 aliphatic carbocycles. The maximum absolute atomic E-state index is 3.69. The van der Waals surface area contributed by atoms with Crippen LogP contribution in [-0.4, -0.2) is 13.1 Å². The van der Waals surface area contributed by atoms with Crippen molar-refractivity contribution >= 4 is 0 Å². The summed E-state index contributed by atoms with van der Waals surface area (Å²) in [6.45, 7) is 7.04. The van der Waals surface area contributed by atoms with Gasteiger partial charge in [-0.15, -0.1) is 0 Å². The molecule has 0 saturated carbocycles. The second-order valence-electron chi connectivity index (χ2n) is 13.7. The predicted octanol–water partition coefficient (Wildman–Crippen LogP) is 15.2. The Morgan fingerprint density at radius 3 is 0.886 bits per heavy atom. The van der Waals surface area contributed by atoms with E-state index in [1.165, 1.54) is 219 Å². The molecule has 0 unspecified atom stereocenters. The molecular weight excluding hydrogens is 530 g/mol. The molecule has 0 saturated heterocycles. The molecule has 0 rings (SSSR count). The van der Waals surface area contributed by atoms with Gasteiger partial charge in [0.15, 0.2) is 0 Å². The normalized spacial score (nSPS) is 12.1. The molecule has 0 aromatic heterocycles. The van der Waals surface area contributed by atoms with Crippen LogP contribution < -0.4 is 5.32 Å². The average Bonchev–Trinajstić information content (AvgIpc) is 3.04. The van der Waals surface area contributed by atoms with Gasteiger partial charge >= 0.3 is 0 Å². The van der Waals surface area contributed by atoms with Crippen LogP contribution in [0.2, 0.25) is 0 Å². The quantitative estimate of drug-likeness (QED) is 0.0539. The van der Waals surface area contributed by atoms with Crippen molar-refractivity contribution in [2.45, 2.75) is 226 Å². The molecule has 1 nitrogen and oxygen atoms in total. The van der Waals surface area contributed by atoms with Crippen molar-refractivity contribution in [3.05, 3.63) is 36.5 Å². The van der Waals surface area contributed by atoms with Gasteiger partial charge in [-0.2, -0.15) is 0 Å². The molecule has 0 heterocycles. The molecular formula is C43H83N. The Bertz CT molecular complexity index is 573. The summed E-state index contributed by atoms with van der Waals surface area (Å²) in [4.78, 5) is 0. The number of unbranched alkanes of at least 4 members (excludes halogenated alkanes) is 28. The lowest BCUT2D eigenvalue weighted by atomic mass is 10.0. The van der Waals surface area contributed by atoms with Gasteiger partial charge in [0.2, 0.25) is 0 Å². The van der Waals surface area contributed by atoms with Crippen LogP contribution in [0.15, 0.2) is 36.5 Å². The summed E-state index contributed by atoms with van der Waals surface area (Å²) < 4.78 is 0. The van der Waals surface area contributed by atoms with Crippen LogP contribution in [0, 0.1) is 0 Å². The van der Waals surface area contributed by atoms with E-state index in [4.69, 9.17) is 0 Å². The molecule has 0 aromatic carbocycles. The highest BCUT2D eigenvalue weighted by Gasteiger charge is 1.96. The standard InChI is InChI=1S/C43H83N/c1-3-5-7-9-11-13-15-17-19-21-23-24-25-27-29-31-33-35-37-39-41-43-44-42-40-38-36-34-32-30-28-26-22-20-18-16-14-12-10-8-6-4-2/h12,14,17-20,44H,3-11,13,15-16,21-43H2,1-2H3/b14-12-,19-17-,20-18-. The highest BCUT2D eigenvalue weighted by atomic mass is 14.8. The lowest BCUT2D eigenvalue weighted by Gasteiger charge is -2.06. The molecule has 0 aromatic rings. The lowest BCUT2D eigenvalue weighted by Crippen LogP contribution is -2.16. The van der Waals surface area contributed by atoms with Crippen molar-refractivity contribution in [3.63, 3.8) is 0 Å². The SMILES string of the molecule is CCCCC/C=C\C/C=C\CCCCCCCCCCNCCCCCCCCCCCCC/C=C\CCCCCCCC. The van der Waals surface area contributed by atoms with E-state index in [9.17, 15) is 0 Å². The Kier molecular flexibility index (Phi) is 41.4. The molecule has 1 heteroatoms. The van der Waals surface area contributed by atoms with Crippen molar-refractivity contribution in [3.8, 4) is 0 Å². The Morgan fingerprint density at radius 2 is 0.523 bits per heavy atom. The molecule has 0 atom stereocenters. The van der Waals surface area contributed by atoms with Crippen LogP contribution in [0.25, 0.3) is 0 Å². The van der Waals surface area contributed by atoms with E-state index in [-0.39, 0.29) is 0 Å². The molecule has 0 bridgehead atoms. The zero-order valence-electron chi connectivity index (χ0n) is 30.7. The Hall–Kier alpha value is -0.820. The van der Waals surface area contributed by atoms with E-state index < -0.39 is 0 Å². The highest BCUT2D eigenvalue weighted by Crippen LogP contribution is 2.13. The maximum Gasteiger partial charge on any atom is -0.00489 e. The van der Waals surface area contributed by atoms with E-state index >= 15 is 0 Å². The van der Waals surface area contributed by atoms with Crippen molar-refractivity contribution in [2.24, 2.45) is 0 Å². The summed E-state index contributed by atoms with van der Waals surface area (Å²) in [6, 6.07) is 0. The molecule has 260 valence electrons. The van der Waals surface area contributed by atoms with Crippen LogP contribution in [-0.2, 0) is 0 Å². The summed E-state index contributed by atoms with van der Waals surface area (Å²) in [5.41, 5.74) is 0. The van der Waals surface area contributed by atoms with Crippen LogP contribution in [0.1, 0.15) is 226 Å². The fourth-order valence-electron chi connectivity index (χ4n) is 6.10. The van der Waals surface area contributed by atoms with Crippen molar-refractivity contribution in [2.75, 3.05) is 13.1 Å². The van der Waals surface area contributed by atoms with Gasteiger partial charge in [0, 0.05) is 0 Å². The maximum atomic E-state index is 3.69. The Balaban J connectivity index is 3.11. The van der Waals surface area contributed by atoms with Gasteiger partial charge in [-0.25, -0.2) is 0 Å². The summed E-state index contributed by atoms with van der Waals surface area (Å²) in [5.74, 6) is 0. The number of hydrogen-bond donors (Lipinski definition) is 1. The van der Waals surface area contributed by atoms with Crippen molar-refractivity contribution < 1.29 is 0 Å². The second kappa shape index (κ2) is 42.2. The summed E-state index contributed by atoms with van der Waals surface area (Å²) in [6.07, 6.45) is 60.3. The molecule has 0 aliphatic rings. The summed E-state index contributed by atoms with van der Waals surface area (Å²) in [7, 11) is 0. The van der Waals surface area contributed by atoms with Gasteiger partial charge in [-0.05, 0) is 83.7 Å². The predicted molar refractivity (Wildman–Crippen MR) is 204 cm³/mol. The first-order chi connectivity index (χ1) is 21.9. The second-order valence-corrected chi connectivity index (χ2v) is 13.7. The molecule has 0 spiro atoms. The third-order valence-electron chi connectivity index (χ3n) is 9.17. The molecule has 0 fully saturated rings. The smallest absolute Gasteiger partial charge is 0.00489 e. The average molecular weight is 614 g/mol. The van der Waals surface area contributed by atoms with E-state index in [1.807, 2.05) is 0 Å². The van der Waals surface area contributed by atoms with Crippen LogP contribution in [0.3, 0.4) is 0 Å². The number of hydrogen-bond acceptors (Lipinski definition) is 1. The van der Waals surface area contributed by atoms with Gasteiger partial charge in [-0.3, -0.25) is 0 Å². The van der Waals surface area contributed by atoms with Crippen LogP contribution >= 0.6 is 0 Å². The fourth-order valence-corrected chi connectivity index (χ4v) is 6.10. The van der Waals surface area contributed by atoms with Crippen molar-refractivity contribution in [1.29, 1.82) is 0 Å². The zero-order valence-corrected chi connectivity index (χ0v) is 30.7. The molecule has 1 N–H and O–H groups in total. The molecule has 0 aliphatic heterocycles. The summed E-state index contributed by atoms with van der Waals surface area (Å²) >= 11 is 0. The minimum atomic E-state index is 1.12. The van der Waals surface area contributed by atoms with Crippen molar-refractivity contribution in [1.82, 2.24) is 5.32 Å². The van der Waals surface area contributed by atoms with Gasteiger partial charge in [0.1, 0.15) is 0 Å². The van der Waals surface area contributed by atoms with E-state index in [2.05, 4.69) is 55.6 Å². The summed E-state index contributed by atoms with van der Waals surface area (Å²) in [5, 5.41) is 3.69. The monoisotopic (exact) mass is 614 g/mol. The first-order valence-corrected chi connectivity index (χ1v) is 20.6. The highest BCUT2D eigenvalue weighted by molar-refractivity contribution is 4.92. The topological polar surface area (TPSA) is 12.0 Å². The fraction of sp³-hybridized carbons (Fsp3) is 0.860. The van der Waals surface area contributed by atoms with Gasteiger partial charge in [0.25, 0.3) is 0 Å². The van der Waals surface area contributed by atoms with E-state index in [0.29, 0.717) is 0 Å². The number of allylic oxidation sites excluding steroid dienone is 6. The van der Waals surface area contributed by atoms with E-state index in [1.54, 1.807) is 0 Å². The van der Waals surface area contributed by atoms with Crippen LogP contribution in [0.5, 0.6) is 0 Å².